The van der Waals surface area contributed by atoms with Crippen molar-refractivity contribution in [1.82, 2.24) is 10.2 Å². The van der Waals surface area contributed by atoms with E-state index in [4.69, 9.17) is 4.74 Å². The van der Waals surface area contributed by atoms with Crippen LogP contribution in [0.4, 0.5) is 0 Å². The Balaban J connectivity index is 1.26. The van der Waals surface area contributed by atoms with E-state index in [0.29, 0.717) is 32.5 Å². The maximum atomic E-state index is 12.4. The van der Waals surface area contributed by atoms with Crippen molar-refractivity contribution in [1.29, 1.82) is 0 Å². The van der Waals surface area contributed by atoms with Gasteiger partial charge in [0.25, 0.3) is 0 Å². The van der Waals surface area contributed by atoms with Crippen LogP contribution in [0.5, 0.6) is 5.75 Å². The summed E-state index contributed by atoms with van der Waals surface area (Å²) in [5, 5.41) is 4.96. The summed E-state index contributed by atoms with van der Waals surface area (Å²) in [7, 11) is 0. The molecule has 6 heteroatoms. The van der Waals surface area contributed by atoms with Gasteiger partial charge in [-0.15, -0.1) is 11.3 Å². The maximum Gasteiger partial charge on any atom is 0.224 e. The normalized spacial score (nSPS) is 13.1. The number of nitrogens with one attached hydrogen (secondary N) is 1. The van der Waals surface area contributed by atoms with E-state index in [1.54, 1.807) is 11.3 Å². The molecule has 0 radical (unpaired) electrons. The van der Waals surface area contributed by atoms with Crippen molar-refractivity contribution in [2.75, 3.05) is 19.7 Å². The van der Waals surface area contributed by atoms with Crippen LogP contribution in [-0.2, 0) is 22.6 Å². The maximum absolute atomic E-state index is 12.4. The van der Waals surface area contributed by atoms with Crippen LogP contribution in [0.25, 0.3) is 0 Å². The van der Waals surface area contributed by atoms with Crippen molar-refractivity contribution in [3.05, 3.63) is 51.2 Å². The fourth-order valence-electron chi connectivity index (χ4n) is 3.45. The first kappa shape index (κ1) is 21.4. The second kappa shape index (κ2) is 10.4. The Morgan fingerprint density at radius 2 is 2.03 bits per heavy atom. The van der Waals surface area contributed by atoms with Gasteiger partial charge in [0, 0.05) is 37.4 Å². The van der Waals surface area contributed by atoms with E-state index >= 15 is 0 Å². The van der Waals surface area contributed by atoms with Crippen molar-refractivity contribution in [2.24, 2.45) is 0 Å². The van der Waals surface area contributed by atoms with Gasteiger partial charge in [0.05, 0.1) is 6.61 Å². The Hall–Kier alpha value is -2.34. The van der Waals surface area contributed by atoms with Crippen molar-refractivity contribution in [3.8, 4) is 5.75 Å². The second-order valence-electron chi connectivity index (χ2n) is 7.61. The SMILES string of the molecule is Cc1ccc(C)c(OCCCCC(=O)NCCC(=O)N2CCc3sccc3C2)c1. The van der Waals surface area contributed by atoms with Gasteiger partial charge in [-0.1, -0.05) is 12.1 Å². The molecule has 1 N–H and O–H groups in total. The topological polar surface area (TPSA) is 58.6 Å². The first-order valence-electron chi connectivity index (χ1n) is 10.3. The molecule has 0 aliphatic carbocycles. The van der Waals surface area contributed by atoms with Crippen molar-refractivity contribution in [3.63, 3.8) is 0 Å². The number of rotatable bonds is 9. The highest BCUT2D eigenvalue weighted by Gasteiger charge is 2.21. The highest BCUT2D eigenvalue weighted by molar-refractivity contribution is 7.10. The largest absolute Gasteiger partial charge is 0.493 e. The van der Waals surface area contributed by atoms with Crippen LogP contribution in [0.2, 0.25) is 0 Å². The standard InChI is InChI=1S/C23H30N2O3S/c1-17-6-7-18(2)20(15-17)28-13-4-3-5-22(26)24-11-8-23(27)25-12-9-21-19(16-25)10-14-29-21/h6-7,10,14-15H,3-5,8-9,11-13,16H2,1-2H3,(H,24,26). The monoisotopic (exact) mass is 414 g/mol. The highest BCUT2D eigenvalue weighted by atomic mass is 32.1. The fraction of sp³-hybridized carbons (Fsp3) is 0.478. The minimum atomic E-state index is 0.00306. The lowest BCUT2D eigenvalue weighted by atomic mass is 10.1. The number of thiophene rings is 1. The quantitative estimate of drug-likeness (QED) is 0.631. The number of unbranched alkanes of at least 4 members (excludes halogenated alkanes) is 1. The van der Waals surface area contributed by atoms with Gasteiger partial charge in [-0.2, -0.15) is 0 Å². The van der Waals surface area contributed by atoms with E-state index in [-0.39, 0.29) is 11.8 Å². The Bertz CT molecular complexity index is 846. The van der Waals surface area contributed by atoms with Crippen molar-refractivity contribution < 1.29 is 14.3 Å². The Kier molecular flexibility index (Phi) is 7.69. The van der Waals surface area contributed by atoms with Gasteiger partial charge in [0.1, 0.15) is 5.75 Å². The summed E-state index contributed by atoms with van der Waals surface area (Å²) in [5.41, 5.74) is 3.57. The number of aryl methyl sites for hydroxylation is 2. The summed E-state index contributed by atoms with van der Waals surface area (Å²) in [5.74, 6) is 1.03. The number of hydrogen-bond donors (Lipinski definition) is 1. The molecule has 1 aromatic carbocycles. The molecule has 0 spiro atoms. The van der Waals surface area contributed by atoms with E-state index < -0.39 is 0 Å². The molecule has 0 fully saturated rings. The van der Waals surface area contributed by atoms with Gasteiger partial charge in [0.2, 0.25) is 11.8 Å². The van der Waals surface area contributed by atoms with E-state index in [1.807, 2.05) is 24.8 Å². The number of ether oxygens (including phenoxy) is 1. The average Bonchev–Trinajstić information content (AvgIpc) is 3.18. The minimum absolute atomic E-state index is 0.00306. The average molecular weight is 415 g/mol. The Labute approximate surface area is 177 Å². The number of hydrogen-bond acceptors (Lipinski definition) is 4. The third-order valence-electron chi connectivity index (χ3n) is 5.22. The third-order valence-corrected chi connectivity index (χ3v) is 6.24. The van der Waals surface area contributed by atoms with Crippen LogP contribution in [0.3, 0.4) is 0 Å². The predicted octanol–water partition coefficient (Wildman–Crippen LogP) is 4.01. The van der Waals surface area contributed by atoms with Crippen LogP contribution in [0, 0.1) is 13.8 Å². The van der Waals surface area contributed by atoms with Crippen LogP contribution in [0.15, 0.2) is 29.6 Å². The Morgan fingerprint density at radius 1 is 1.17 bits per heavy atom. The number of fused-ring (bicyclic) bond motifs is 1. The number of amides is 2. The molecule has 2 heterocycles. The lowest BCUT2D eigenvalue weighted by Crippen LogP contribution is -2.37. The first-order chi connectivity index (χ1) is 14.0. The summed E-state index contributed by atoms with van der Waals surface area (Å²) >= 11 is 1.77. The summed E-state index contributed by atoms with van der Waals surface area (Å²) in [6, 6.07) is 8.27. The second-order valence-corrected chi connectivity index (χ2v) is 8.61. The van der Waals surface area contributed by atoms with Gasteiger partial charge in [-0.25, -0.2) is 0 Å². The molecular formula is C23H30N2O3S. The van der Waals surface area contributed by atoms with Gasteiger partial charge in [-0.3, -0.25) is 9.59 Å². The number of nitrogens with zero attached hydrogens (tertiary/aromatic N) is 1. The molecule has 0 saturated carbocycles. The molecule has 1 aromatic heterocycles. The third kappa shape index (κ3) is 6.32. The number of carbonyl (C=O) groups is 2. The minimum Gasteiger partial charge on any atom is -0.493 e. The zero-order valence-corrected chi connectivity index (χ0v) is 18.1. The molecule has 5 nitrogen and oxygen atoms in total. The molecule has 0 unspecified atom stereocenters. The molecular weight excluding hydrogens is 384 g/mol. The molecule has 29 heavy (non-hydrogen) atoms. The van der Waals surface area contributed by atoms with Crippen LogP contribution >= 0.6 is 11.3 Å². The molecule has 0 atom stereocenters. The van der Waals surface area contributed by atoms with Crippen molar-refractivity contribution in [2.45, 2.75) is 52.5 Å². The number of carbonyl (C=O) groups excluding carboxylic acids is 2. The molecule has 2 amide bonds. The van der Waals surface area contributed by atoms with Crippen LogP contribution < -0.4 is 10.1 Å². The highest BCUT2D eigenvalue weighted by Crippen LogP contribution is 2.24. The fourth-order valence-corrected chi connectivity index (χ4v) is 4.34. The van der Waals surface area contributed by atoms with E-state index in [1.165, 1.54) is 16.0 Å². The lowest BCUT2D eigenvalue weighted by molar-refractivity contribution is -0.132. The van der Waals surface area contributed by atoms with Gasteiger partial charge in [-0.05, 0) is 67.3 Å². The first-order valence-corrected chi connectivity index (χ1v) is 11.2. The van der Waals surface area contributed by atoms with Crippen LogP contribution in [-0.4, -0.2) is 36.4 Å². The van der Waals surface area contributed by atoms with Crippen LogP contribution in [0.1, 0.15) is 47.3 Å². The zero-order valence-electron chi connectivity index (χ0n) is 17.3. The molecule has 1 aliphatic rings. The molecule has 0 bridgehead atoms. The van der Waals surface area contributed by atoms with Gasteiger partial charge < -0.3 is 15.0 Å². The van der Waals surface area contributed by atoms with E-state index in [2.05, 4.69) is 28.9 Å². The molecule has 0 saturated heterocycles. The summed E-state index contributed by atoms with van der Waals surface area (Å²) < 4.78 is 5.82. The number of benzene rings is 1. The molecule has 1 aliphatic heterocycles. The zero-order chi connectivity index (χ0) is 20.6. The summed E-state index contributed by atoms with van der Waals surface area (Å²) in [6.45, 7) is 6.57. The molecule has 2 aromatic rings. The smallest absolute Gasteiger partial charge is 0.224 e. The summed E-state index contributed by atoms with van der Waals surface area (Å²) in [6.07, 6.45) is 3.37. The molecule has 3 rings (SSSR count). The van der Waals surface area contributed by atoms with Crippen molar-refractivity contribution >= 4 is 23.2 Å². The van der Waals surface area contributed by atoms with Gasteiger partial charge in [0.15, 0.2) is 0 Å². The van der Waals surface area contributed by atoms with E-state index in [0.717, 1.165) is 37.1 Å². The van der Waals surface area contributed by atoms with Gasteiger partial charge >= 0.3 is 0 Å². The van der Waals surface area contributed by atoms with E-state index in [9.17, 15) is 9.59 Å². The predicted molar refractivity (Wildman–Crippen MR) is 116 cm³/mol. The summed E-state index contributed by atoms with van der Waals surface area (Å²) in [4.78, 5) is 27.6. The molecule has 156 valence electrons. The lowest BCUT2D eigenvalue weighted by Gasteiger charge is -2.27. The Morgan fingerprint density at radius 3 is 2.90 bits per heavy atom.